The summed E-state index contributed by atoms with van der Waals surface area (Å²) in [4.78, 5) is 0. The zero-order valence-corrected chi connectivity index (χ0v) is 8.92. The Hall–Kier alpha value is -0.980. The Labute approximate surface area is 86.3 Å². The molecular formula is C13H19N. The van der Waals surface area contributed by atoms with Crippen molar-refractivity contribution in [2.45, 2.75) is 44.9 Å². The average molecular weight is 189 g/mol. The largest absolute Gasteiger partial charge is 0.398 e. The SMILES string of the molecule is Cc1cccc(C2CCCCC2)c1N. The number of hydrogen-bond donors (Lipinski definition) is 1. The van der Waals surface area contributed by atoms with Crippen molar-refractivity contribution in [3.63, 3.8) is 0 Å². The number of aryl methyl sites for hydroxylation is 1. The third kappa shape index (κ3) is 1.77. The topological polar surface area (TPSA) is 26.0 Å². The van der Waals surface area contributed by atoms with E-state index in [1.165, 1.54) is 43.2 Å². The fourth-order valence-corrected chi connectivity index (χ4v) is 2.47. The zero-order chi connectivity index (χ0) is 9.97. The first kappa shape index (κ1) is 9.57. The summed E-state index contributed by atoms with van der Waals surface area (Å²) in [7, 11) is 0. The van der Waals surface area contributed by atoms with E-state index in [0.29, 0.717) is 0 Å². The van der Waals surface area contributed by atoms with Gasteiger partial charge in [-0.15, -0.1) is 0 Å². The molecule has 1 fully saturated rings. The van der Waals surface area contributed by atoms with E-state index in [9.17, 15) is 0 Å². The first-order chi connectivity index (χ1) is 6.79. The van der Waals surface area contributed by atoms with Gasteiger partial charge in [-0.2, -0.15) is 0 Å². The summed E-state index contributed by atoms with van der Waals surface area (Å²) in [6.45, 7) is 2.10. The molecule has 2 N–H and O–H groups in total. The van der Waals surface area contributed by atoms with Crippen molar-refractivity contribution < 1.29 is 0 Å². The van der Waals surface area contributed by atoms with Crippen LogP contribution in [0.15, 0.2) is 18.2 Å². The minimum Gasteiger partial charge on any atom is -0.398 e. The van der Waals surface area contributed by atoms with Gasteiger partial charge in [-0.05, 0) is 36.8 Å². The lowest BCUT2D eigenvalue weighted by Crippen LogP contribution is -2.07. The maximum Gasteiger partial charge on any atom is 0.0379 e. The summed E-state index contributed by atoms with van der Waals surface area (Å²) in [6.07, 6.45) is 6.81. The molecular weight excluding hydrogens is 170 g/mol. The Morgan fingerprint density at radius 1 is 1.14 bits per heavy atom. The van der Waals surface area contributed by atoms with Crippen LogP contribution in [0, 0.1) is 6.92 Å². The second-order valence-corrected chi connectivity index (χ2v) is 4.41. The van der Waals surface area contributed by atoms with Gasteiger partial charge in [-0.1, -0.05) is 37.5 Å². The first-order valence-corrected chi connectivity index (χ1v) is 5.64. The molecule has 0 bridgehead atoms. The Morgan fingerprint density at radius 3 is 2.57 bits per heavy atom. The molecule has 1 aromatic rings. The third-order valence-electron chi connectivity index (χ3n) is 3.40. The summed E-state index contributed by atoms with van der Waals surface area (Å²) in [6, 6.07) is 6.44. The lowest BCUT2D eigenvalue weighted by molar-refractivity contribution is 0.444. The summed E-state index contributed by atoms with van der Waals surface area (Å²) in [5.41, 5.74) is 9.76. The van der Waals surface area contributed by atoms with Gasteiger partial charge >= 0.3 is 0 Å². The van der Waals surface area contributed by atoms with Crippen molar-refractivity contribution >= 4 is 5.69 Å². The highest BCUT2D eigenvalue weighted by atomic mass is 14.6. The molecule has 0 unspecified atom stereocenters. The van der Waals surface area contributed by atoms with E-state index in [1.54, 1.807) is 0 Å². The molecule has 0 atom stereocenters. The van der Waals surface area contributed by atoms with E-state index in [1.807, 2.05) is 0 Å². The fourth-order valence-electron chi connectivity index (χ4n) is 2.47. The molecule has 0 spiro atoms. The smallest absolute Gasteiger partial charge is 0.0379 e. The lowest BCUT2D eigenvalue weighted by Gasteiger charge is -2.23. The van der Waals surface area contributed by atoms with Gasteiger partial charge in [0, 0.05) is 5.69 Å². The van der Waals surface area contributed by atoms with Crippen LogP contribution in [0.1, 0.15) is 49.1 Å². The van der Waals surface area contributed by atoms with Crippen LogP contribution in [-0.4, -0.2) is 0 Å². The summed E-state index contributed by atoms with van der Waals surface area (Å²) < 4.78 is 0. The van der Waals surface area contributed by atoms with Crippen molar-refractivity contribution in [2.75, 3.05) is 5.73 Å². The number of para-hydroxylation sites is 1. The minimum absolute atomic E-state index is 0.726. The molecule has 0 heterocycles. The molecule has 0 saturated heterocycles. The molecule has 1 saturated carbocycles. The normalized spacial score (nSPS) is 18.4. The molecule has 0 aliphatic heterocycles. The molecule has 0 radical (unpaired) electrons. The molecule has 76 valence electrons. The van der Waals surface area contributed by atoms with Crippen LogP contribution in [0.2, 0.25) is 0 Å². The highest BCUT2D eigenvalue weighted by Crippen LogP contribution is 2.36. The van der Waals surface area contributed by atoms with Crippen LogP contribution in [0.4, 0.5) is 5.69 Å². The predicted octanol–water partition coefficient (Wildman–Crippen LogP) is 3.62. The van der Waals surface area contributed by atoms with Gasteiger partial charge in [0.1, 0.15) is 0 Å². The van der Waals surface area contributed by atoms with Gasteiger partial charge in [-0.25, -0.2) is 0 Å². The van der Waals surface area contributed by atoms with E-state index in [-0.39, 0.29) is 0 Å². The van der Waals surface area contributed by atoms with Gasteiger partial charge in [0.15, 0.2) is 0 Å². The van der Waals surface area contributed by atoms with Crippen LogP contribution in [-0.2, 0) is 0 Å². The predicted molar refractivity (Wildman–Crippen MR) is 61.4 cm³/mol. The minimum atomic E-state index is 0.726. The number of anilines is 1. The van der Waals surface area contributed by atoms with Crippen LogP contribution < -0.4 is 5.73 Å². The Bertz CT molecular complexity index is 311. The summed E-state index contributed by atoms with van der Waals surface area (Å²) >= 11 is 0. The fraction of sp³-hybridized carbons (Fsp3) is 0.538. The van der Waals surface area contributed by atoms with Crippen molar-refractivity contribution in [2.24, 2.45) is 0 Å². The third-order valence-corrected chi connectivity index (χ3v) is 3.40. The Kier molecular flexibility index (Phi) is 2.76. The maximum absolute atomic E-state index is 6.11. The summed E-state index contributed by atoms with van der Waals surface area (Å²) in [5.74, 6) is 0.726. The van der Waals surface area contributed by atoms with E-state index < -0.39 is 0 Å². The number of benzene rings is 1. The number of nitrogen functional groups attached to an aromatic ring is 1. The molecule has 1 aliphatic carbocycles. The number of nitrogens with two attached hydrogens (primary N) is 1. The second-order valence-electron chi connectivity index (χ2n) is 4.41. The highest BCUT2D eigenvalue weighted by molar-refractivity contribution is 5.54. The van der Waals surface area contributed by atoms with Crippen molar-refractivity contribution in [1.29, 1.82) is 0 Å². The molecule has 1 aromatic carbocycles. The van der Waals surface area contributed by atoms with Gasteiger partial charge < -0.3 is 5.73 Å². The lowest BCUT2D eigenvalue weighted by atomic mass is 9.83. The molecule has 1 aliphatic rings. The van der Waals surface area contributed by atoms with Gasteiger partial charge in [0.25, 0.3) is 0 Å². The highest BCUT2D eigenvalue weighted by Gasteiger charge is 2.17. The van der Waals surface area contributed by atoms with Crippen LogP contribution in [0.25, 0.3) is 0 Å². The van der Waals surface area contributed by atoms with Crippen LogP contribution in [0.3, 0.4) is 0 Å². The molecule has 14 heavy (non-hydrogen) atoms. The van der Waals surface area contributed by atoms with E-state index in [0.717, 1.165) is 11.6 Å². The number of hydrogen-bond acceptors (Lipinski definition) is 1. The zero-order valence-electron chi connectivity index (χ0n) is 8.92. The maximum atomic E-state index is 6.11. The van der Waals surface area contributed by atoms with Gasteiger partial charge in [0.05, 0.1) is 0 Å². The monoisotopic (exact) mass is 189 g/mol. The average Bonchev–Trinajstić information content (AvgIpc) is 2.23. The van der Waals surface area contributed by atoms with E-state index in [4.69, 9.17) is 5.73 Å². The Balaban J connectivity index is 2.26. The van der Waals surface area contributed by atoms with E-state index in [2.05, 4.69) is 25.1 Å². The van der Waals surface area contributed by atoms with Crippen molar-refractivity contribution in [3.05, 3.63) is 29.3 Å². The van der Waals surface area contributed by atoms with Crippen molar-refractivity contribution in [3.8, 4) is 0 Å². The quantitative estimate of drug-likeness (QED) is 0.671. The molecule has 2 rings (SSSR count). The van der Waals surface area contributed by atoms with Crippen LogP contribution in [0.5, 0.6) is 0 Å². The number of rotatable bonds is 1. The molecule has 1 nitrogen and oxygen atoms in total. The standard InChI is InChI=1S/C13H19N/c1-10-6-5-9-12(13(10)14)11-7-3-2-4-8-11/h5-6,9,11H,2-4,7-8,14H2,1H3. The second kappa shape index (κ2) is 4.04. The molecule has 0 aromatic heterocycles. The van der Waals surface area contributed by atoms with Gasteiger partial charge in [-0.3, -0.25) is 0 Å². The molecule has 0 amide bonds. The summed E-state index contributed by atoms with van der Waals surface area (Å²) in [5, 5.41) is 0. The van der Waals surface area contributed by atoms with E-state index >= 15 is 0 Å². The Morgan fingerprint density at radius 2 is 1.86 bits per heavy atom. The van der Waals surface area contributed by atoms with Gasteiger partial charge in [0.2, 0.25) is 0 Å². The van der Waals surface area contributed by atoms with Crippen LogP contribution >= 0.6 is 0 Å². The molecule has 1 heteroatoms. The van der Waals surface area contributed by atoms with Crippen molar-refractivity contribution in [1.82, 2.24) is 0 Å². The first-order valence-electron chi connectivity index (χ1n) is 5.64.